The number of benzene rings is 3. The highest BCUT2D eigenvalue weighted by molar-refractivity contribution is 6.02. The first-order chi connectivity index (χ1) is 9.19. The van der Waals surface area contributed by atoms with Gasteiger partial charge in [0, 0.05) is 5.41 Å². The Bertz CT molecular complexity index is 794. The van der Waals surface area contributed by atoms with E-state index in [1.165, 1.54) is 33.0 Å². The van der Waals surface area contributed by atoms with E-state index in [4.69, 9.17) is 0 Å². The molecule has 0 atom stereocenters. The maximum absolute atomic E-state index is 2.33. The minimum Gasteiger partial charge on any atom is -0.0776 e. The average molecular weight is 260 g/mol. The quantitative estimate of drug-likeness (QED) is 0.480. The van der Waals surface area contributed by atoms with Crippen LogP contribution in [0.15, 0.2) is 60.7 Å². The summed E-state index contributed by atoms with van der Waals surface area (Å²) in [6.07, 6.45) is 0. The predicted molar refractivity (Wildman–Crippen MR) is 88.2 cm³/mol. The van der Waals surface area contributed by atoms with Gasteiger partial charge in [-0.05, 0) is 33.0 Å². The van der Waals surface area contributed by atoms with Crippen molar-refractivity contribution in [3.63, 3.8) is 0 Å². The molecule has 100 valence electrons. The van der Waals surface area contributed by atoms with Crippen LogP contribution in [-0.2, 0) is 5.41 Å². The molecule has 0 bridgehead atoms. The smallest absolute Gasteiger partial charge is 0.0159 e. The van der Waals surface area contributed by atoms with Crippen LogP contribution in [0.4, 0.5) is 0 Å². The Morgan fingerprint density at radius 1 is 0.700 bits per heavy atom. The van der Waals surface area contributed by atoms with Crippen molar-refractivity contribution in [2.45, 2.75) is 26.7 Å². The largest absolute Gasteiger partial charge is 0.0776 e. The van der Waals surface area contributed by atoms with Gasteiger partial charge in [0.25, 0.3) is 0 Å². The summed E-state index contributed by atoms with van der Waals surface area (Å²) in [5.41, 5.74) is 5.84. The van der Waals surface area contributed by atoms with Crippen LogP contribution in [-0.4, -0.2) is 0 Å². The molecule has 0 amide bonds. The standard InChI is InChI=1S/C19H16.CH4/c1-19(2)16-10-6-5-9-15(16)18-14-8-4-3-7-13(14)11-12-17(18)19;/h3-12H,1-2H3;1H4. The van der Waals surface area contributed by atoms with E-state index < -0.39 is 0 Å². The summed E-state index contributed by atoms with van der Waals surface area (Å²) in [6, 6.07) is 22.1. The van der Waals surface area contributed by atoms with Crippen molar-refractivity contribution in [3.05, 3.63) is 71.8 Å². The number of hydrogen-bond donors (Lipinski definition) is 0. The van der Waals surface area contributed by atoms with Gasteiger partial charge >= 0.3 is 0 Å². The van der Waals surface area contributed by atoms with E-state index >= 15 is 0 Å². The fourth-order valence-corrected chi connectivity index (χ4v) is 3.47. The van der Waals surface area contributed by atoms with E-state index in [1.807, 2.05) is 0 Å². The molecule has 0 saturated carbocycles. The lowest BCUT2D eigenvalue weighted by molar-refractivity contribution is 0.661. The third kappa shape index (κ3) is 1.48. The predicted octanol–water partition coefficient (Wildman–Crippen LogP) is 5.78. The molecule has 0 radical (unpaired) electrons. The Labute approximate surface area is 121 Å². The van der Waals surface area contributed by atoms with Crippen LogP contribution in [0, 0.1) is 0 Å². The zero-order valence-corrected chi connectivity index (χ0v) is 11.3. The SMILES string of the molecule is C.CC1(C)c2ccccc2-c2c1ccc1ccccc21. The molecule has 20 heavy (non-hydrogen) atoms. The summed E-state index contributed by atoms with van der Waals surface area (Å²) in [7, 11) is 0. The summed E-state index contributed by atoms with van der Waals surface area (Å²) in [4.78, 5) is 0. The Kier molecular flexibility index (Phi) is 2.72. The third-order valence-electron chi connectivity index (χ3n) is 4.47. The maximum Gasteiger partial charge on any atom is 0.0159 e. The van der Waals surface area contributed by atoms with Crippen LogP contribution in [0.2, 0.25) is 0 Å². The highest BCUT2D eigenvalue weighted by Gasteiger charge is 2.35. The molecule has 0 heterocycles. The van der Waals surface area contributed by atoms with Crippen molar-refractivity contribution < 1.29 is 0 Å². The van der Waals surface area contributed by atoms with Crippen molar-refractivity contribution in [1.29, 1.82) is 0 Å². The summed E-state index contributed by atoms with van der Waals surface area (Å²) in [6.45, 7) is 4.65. The minimum absolute atomic E-state index is 0. The summed E-state index contributed by atoms with van der Waals surface area (Å²) >= 11 is 0. The fourth-order valence-electron chi connectivity index (χ4n) is 3.47. The van der Waals surface area contributed by atoms with Gasteiger partial charge in [-0.15, -0.1) is 0 Å². The van der Waals surface area contributed by atoms with Crippen LogP contribution >= 0.6 is 0 Å². The molecule has 3 aromatic rings. The first kappa shape index (κ1) is 12.9. The summed E-state index contributed by atoms with van der Waals surface area (Å²) in [5, 5.41) is 2.70. The topological polar surface area (TPSA) is 0 Å². The molecule has 0 nitrogen and oxygen atoms in total. The lowest BCUT2D eigenvalue weighted by Crippen LogP contribution is -2.14. The molecule has 3 aromatic carbocycles. The Balaban J connectivity index is 0.00000121. The van der Waals surface area contributed by atoms with Crippen molar-refractivity contribution in [2.75, 3.05) is 0 Å². The summed E-state index contributed by atoms with van der Waals surface area (Å²) < 4.78 is 0. The Morgan fingerprint density at radius 2 is 1.40 bits per heavy atom. The monoisotopic (exact) mass is 260 g/mol. The van der Waals surface area contributed by atoms with Crippen molar-refractivity contribution >= 4 is 10.8 Å². The van der Waals surface area contributed by atoms with Crippen molar-refractivity contribution in [3.8, 4) is 11.1 Å². The van der Waals surface area contributed by atoms with Gasteiger partial charge in [0.15, 0.2) is 0 Å². The molecule has 4 rings (SSSR count). The minimum atomic E-state index is 0. The summed E-state index contributed by atoms with van der Waals surface area (Å²) in [5.74, 6) is 0. The number of rotatable bonds is 0. The van der Waals surface area contributed by atoms with Gasteiger partial charge in [-0.3, -0.25) is 0 Å². The zero-order valence-electron chi connectivity index (χ0n) is 11.3. The lowest BCUT2D eigenvalue weighted by atomic mass is 9.82. The number of fused-ring (bicyclic) bond motifs is 5. The highest BCUT2D eigenvalue weighted by Crippen LogP contribution is 2.50. The average Bonchev–Trinajstić information content (AvgIpc) is 2.68. The molecule has 0 heteroatoms. The molecule has 0 saturated heterocycles. The van der Waals surface area contributed by atoms with E-state index in [-0.39, 0.29) is 12.8 Å². The van der Waals surface area contributed by atoms with Crippen LogP contribution in [0.1, 0.15) is 32.4 Å². The molecule has 0 spiro atoms. The van der Waals surface area contributed by atoms with Gasteiger partial charge in [-0.25, -0.2) is 0 Å². The second kappa shape index (κ2) is 4.21. The van der Waals surface area contributed by atoms with Gasteiger partial charge in [0.05, 0.1) is 0 Å². The van der Waals surface area contributed by atoms with Crippen LogP contribution in [0.5, 0.6) is 0 Å². The molecule has 0 fully saturated rings. The van der Waals surface area contributed by atoms with Gasteiger partial charge in [-0.2, -0.15) is 0 Å². The van der Waals surface area contributed by atoms with Gasteiger partial charge in [0.2, 0.25) is 0 Å². The molecular weight excluding hydrogens is 240 g/mol. The van der Waals surface area contributed by atoms with E-state index in [0.29, 0.717) is 0 Å². The first-order valence-electron chi connectivity index (χ1n) is 6.82. The molecule has 1 aliphatic rings. The van der Waals surface area contributed by atoms with E-state index in [2.05, 4.69) is 74.5 Å². The normalized spacial score (nSPS) is 14.5. The Hall–Kier alpha value is -2.08. The molecule has 0 aliphatic heterocycles. The Morgan fingerprint density at radius 3 is 2.25 bits per heavy atom. The van der Waals surface area contributed by atoms with E-state index in [0.717, 1.165) is 0 Å². The number of hydrogen-bond acceptors (Lipinski definition) is 0. The van der Waals surface area contributed by atoms with Gasteiger partial charge < -0.3 is 0 Å². The lowest BCUT2D eigenvalue weighted by Gasteiger charge is -2.21. The van der Waals surface area contributed by atoms with Crippen molar-refractivity contribution in [2.24, 2.45) is 0 Å². The second-order valence-corrected chi connectivity index (χ2v) is 5.88. The van der Waals surface area contributed by atoms with Crippen LogP contribution in [0.25, 0.3) is 21.9 Å². The van der Waals surface area contributed by atoms with Crippen LogP contribution in [0.3, 0.4) is 0 Å². The molecular formula is C20H20. The highest BCUT2D eigenvalue weighted by atomic mass is 14.4. The van der Waals surface area contributed by atoms with Crippen molar-refractivity contribution in [1.82, 2.24) is 0 Å². The van der Waals surface area contributed by atoms with Gasteiger partial charge in [-0.1, -0.05) is 81.9 Å². The fraction of sp³-hybridized carbons (Fsp3) is 0.200. The molecule has 0 N–H and O–H groups in total. The maximum atomic E-state index is 2.33. The van der Waals surface area contributed by atoms with Crippen LogP contribution < -0.4 is 0 Å². The van der Waals surface area contributed by atoms with Gasteiger partial charge in [0.1, 0.15) is 0 Å². The van der Waals surface area contributed by atoms with E-state index in [9.17, 15) is 0 Å². The first-order valence-corrected chi connectivity index (χ1v) is 6.82. The molecule has 0 unspecified atom stereocenters. The zero-order chi connectivity index (χ0) is 13.0. The second-order valence-electron chi connectivity index (χ2n) is 5.88. The molecule has 1 aliphatic carbocycles. The van der Waals surface area contributed by atoms with E-state index in [1.54, 1.807) is 0 Å². The third-order valence-corrected chi connectivity index (χ3v) is 4.47. The molecule has 0 aromatic heterocycles.